The molecule has 3 rings (SSSR count). The molecule has 0 spiro atoms. The zero-order valence-electron chi connectivity index (χ0n) is 22.3. The minimum Gasteiger partial charge on any atom is -0.456 e. The second kappa shape index (κ2) is 13.0. The van der Waals surface area contributed by atoms with Gasteiger partial charge in [0, 0.05) is 24.3 Å². The summed E-state index contributed by atoms with van der Waals surface area (Å²) in [5.74, 6) is -2.47. The number of nitrogens with two attached hydrogens (primary N) is 1. The zero-order chi connectivity index (χ0) is 32.0. The first-order valence-electron chi connectivity index (χ1n) is 12.1. The molecule has 0 fully saturated rings. The van der Waals surface area contributed by atoms with E-state index >= 15 is 0 Å². The summed E-state index contributed by atoms with van der Waals surface area (Å²) in [5.41, 5.74) is 2.92. The highest BCUT2D eigenvalue weighted by Gasteiger charge is 2.35. The number of hydrogen-bond donors (Lipinski definition) is 2. The summed E-state index contributed by atoms with van der Waals surface area (Å²) in [6.45, 7) is 2.61. The van der Waals surface area contributed by atoms with E-state index in [1.807, 2.05) is 0 Å². The maximum Gasteiger partial charge on any atom is 0.346 e. The van der Waals surface area contributed by atoms with Gasteiger partial charge >= 0.3 is 34.7 Å². The van der Waals surface area contributed by atoms with Gasteiger partial charge in [-0.3, -0.25) is 40.5 Å². The van der Waals surface area contributed by atoms with Crippen LogP contribution in [-0.4, -0.2) is 37.7 Å². The van der Waals surface area contributed by atoms with E-state index in [0.717, 1.165) is 36.4 Å². The number of carbonyl (C=O) groups excluding carboxylic acids is 2. The van der Waals surface area contributed by atoms with Gasteiger partial charge in [-0.2, -0.15) is 0 Å². The van der Waals surface area contributed by atoms with Gasteiger partial charge in [-0.05, 0) is 49.2 Å². The number of nitrogens with one attached hydrogen (secondary N) is 1. The van der Waals surface area contributed by atoms with Gasteiger partial charge in [-0.1, -0.05) is 12.1 Å². The lowest BCUT2D eigenvalue weighted by Crippen LogP contribution is -2.41. The highest BCUT2D eigenvalue weighted by Crippen LogP contribution is 2.33. The molecule has 0 radical (unpaired) electrons. The van der Waals surface area contributed by atoms with Crippen LogP contribution in [0.4, 0.5) is 34.1 Å². The maximum absolute atomic E-state index is 13.2. The lowest BCUT2D eigenvalue weighted by Gasteiger charge is -2.23. The Kier molecular flexibility index (Phi) is 9.46. The molecule has 2 atom stereocenters. The van der Waals surface area contributed by atoms with Gasteiger partial charge in [-0.25, -0.2) is 9.59 Å². The van der Waals surface area contributed by atoms with Gasteiger partial charge in [0.05, 0.1) is 31.1 Å². The van der Waals surface area contributed by atoms with Crippen LogP contribution in [0.15, 0.2) is 60.7 Å². The van der Waals surface area contributed by atoms with Crippen LogP contribution in [0.3, 0.4) is 0 Å². The van der Waals surface area contributed by atoms with Crippen molar-refractivity contribution in [3.63, 3.8) is 0 Å². The van der Waals surface area contributed by atoms with E-state index in [0.29, 0.717) is 0 Å². The SMILES string of the molecule is CC(OC(=O)C(Nc1ccccc1N)C(=O)OC(C)c1ccc([N+](=O)[O-])c([N+](=O)[O-])c1)c1ccc([N+](=O)[O-])c([N+](=O)[O-])c1. The fraction of sp³-hybridized carbons (Fsp3) is 0.200. The third kappa shape index (κ3) is 7.31. The molecule has 3 aromatic carbocycles. The van der Waals surface area contributed by atoms with Gasteiger partial charge in [0.25, 0.3) is 0 Å². The molecule has 18 heteroatoms. The van der Waals surface area contributed by atoms with Crippen molar-refractivity contribution in [3.05, 3.63) is 112 Å². The molecule has 2 unspecified atom stereocenters. The van der Waals surface area contributed by atoms with Crippen LogP contribution in [0.25, 0.3) is 0 Å². The van der Waals surface area contributed by atoms with E-state index in [2.05, 4.69) is 5.32 Å². The van der Waals surface area contributed by atoms with Crippen LogP contribution in [-0.2, 0) is 19.1 Å². The largest absolute Gasteiger partial charge is 0.456 e. The topological polar surface area (TPSA) is 263 Å². The minimum atomic E-state index is -1.89. The zero-order valence-corrected chi connectivity index (χ0v) is 22.3. The van der Waals surface area contributed by atoms with Crippen LogP contribution < -0.4 is 11.1 Å². The average molecular weight is 598 g/mol. The van der Waals surface area contributed by atoms with Gasteiger partial charge in [0.1, 0.15) is 12.2 Å². The molecule has 43 heavy (non-hydrogen) atoms. The molecular formula is C25H22N6O12. The molecule has 18 nitrogen and oxygen atoms in total. The number of benzene rings is 3. The van der Waals surface area contributed by atoms with Crippen LogP contribution in [0.5, 0.6) is 0 Å². The predicted octanol–water partition coefficient (Wildman–Crippen LogP) is 4.29. The Morgan fingerprint density at radius 1 is 0.674 bits per heavy atom. The number of carbonyl (C=O) groups is 2. The Hall–Kier alpha value is -6.20. The molecule has 3 aromatic rings. The Labute approximate surface area is 240 Å². The Bertz CT molecular complexity index is 1530. The second-order valence-electron chi connectivity index (χ2n) is 8.85. The third-order valence-electron chi connectivity index (χ3n) is 6.04. The van der Waals surface area contributed by atoms with Crippen molar-refractivity contribution in [2.45, 2.75) is 32.1 Å². The molecule has 0 saturated heterocycles. The number of anilines is 2. The van der Waals surface area contributed by atoms with Crippen LogP contribution in [0.2, 0.25) is 0 Å². The van der Waals surface area contributed by atoms with Crippen LogP contribution in [0.1, 0.15) is 37.2 Å². The van der Waals surface area contributed by atoms with Crippen molar-refractivity contribution in [1.29, 1.82) is 0 Å². The number of para-hydroxylation sites is 2. The van der Waals surface area contributed by atoms with E-state index < -0.39 is 72.6 Å². The average Bonchev–Trinajstić information content (AvgIpc) is 2.95. The Balaban J connectivity index is 1.90. The molecule has 0 bridgehead atoms. The summed E-state index contributed by atoms with van der Waals surface area (Å²) >= 11 is 0. The molecule has 0 aliphatic carbocycles. The smallest absolute Gasteiger partial charge is 0.346 e. The quantitative estimate of drug-likeness (QED) is 0.0968. The van der Waals surface area contributed by atoms with Crippen molar-refractivity contribution >= 4 is 46.1 Å². The van der Waals surface area contributed by atoms with Crippen molar-refractivity contribution in [1.82, 2.24) is 0 Å². The van der Waals surface area contributed by atoms with Gasteiger partial charge in [-0.15, -0.1) is 0 Å². The number of ether oxygens (including phenoxy) is 2. The van der Waals surface area contributed by atoms with Gasteiger partial charge in [0.2, 0.25) is 6.04 Å². The lowest BCUT2D eigenvalue weighted by atomic mass is 10.1. The summed E-state index contributed by atoms with van der Waals surface area (Å²) in [5, 5.41) is 47.5. The molecular weight excluding hydrogens is 576 g/mol. The summed E-state index contributed by atoms with van der Waals surface area (Å²) in [7, 11) is 0. The summed E-state index contributed by atoms with van der Waals surface area (Å²) in [6.07, 6.45) is -2.49. The van der Waals surface area contributed by atoms with Crippen LogP contribution >= 0.6 is 0 Å². The Morgan fingerprint density at radius 3 is 1.44 bits per heavy atom. The fourth-order valence-electron chi connectivity index (χ4n) is 3.81. The number of nitrogen functional groups attached to an aromatic ring is 1. The first-order chi connectivity index (χ1) is 20.2. The first-order valence-corrected chi connectivity index (χ1v) is 12.1. The summed E-state index contributed by atoms with van der Waals surface area (Å²) in [4.78, 5) is 67.5. The normalized spacial score (nSPS) is 12.7. The highest BCUT2D eigenvalue weighted by atomic mass is 16.6. The van der Waals surface area contributed by atoms with Crippen molar-refractivity contribution in [3.8, 4) is 0 Å². The molecule has 0 aromatic heterocycles. The van der Waals surface area contributed by atoms with E-state index in [4.69, 9.17) is 15.2 Å². The number of nitro groups is 4. The molecule has 3 N–H and O–H groups in total. The van der Waals surface area contributed by atoms with Crippen LogP contribution in [0, 0.1) is 40.5 Å². The van der Waals surface area contributed by atoms with E-state index in [9.17, 15) is 50.0 Å². The molecule has 0 heterocycles. The van der Waals surface area contributed by atoms with Gasteiger partial charge < -0.3 is 20.5 Å². The molecule has 0 saturated carbocycles. The predicted molar refractivity (Wildman–Crippen MR) is 147 cm³/mol. The van der Waals surface area contributed by atoms with Crippen molar-refractivity contribution in [2.24, 2.45) is 0 Å². The molecule has 0 aliphatic heterocycles. The molecule has 0 aliphatic rings. The minimum absolute atomic E-state index is 0.00329. The second-order valence-corrected chi connectivity index (χ2v) is 8.85. The summed E-state index contributed by atoms with van der Waals surface area (Å²) < 4.78 is 10.7. The lowest BCUT2D eigenvalue weighted by molar-refractivity contribution is -0.422. The van der Waals surface area contributed by atoms with Gasteiger partial charge in [0.15, 0.2) is 0 Å². The third-order valence-corrected chi connectivity index (χ3v) is 6.04. The Morgan fingerprint density at radius 2 is 1.07 bits per heavy atom. The molecule has 224 valence electrons. The van der Waals surface area contributed by atoms with E-state index in [1.165, 1.54) is 26.0 Å². The van der Waals surface area contributed by atoms with Crippen molar-refractivity contribution in [2.75, 3.05) is 11.1 Å². The van der Waals surface area contributed by atoms with Crippen molar-refractivity contribution < 1.29 is 38.8 Å². The number of rotatable bonds is 12. The number of hydrogen-bond acceptors (Lipinski definition) is 14. The van der Waals surface area contributed by atoms with E-state index in [1.54, 1.807) is 12.1 Å². The number of nitro benzene ring substituents is 4. The highest BCUT2D eigenvalue weighted by molar-refractivity contribution is 6.02. The number of nitrogens with zero attached hydrogens (tertiary/aromatic N) is 4. The number of esters is 2. The van der Waals surface area contributed by atoms with E-state index in [-0.39, 0.29) is 22.5 Å². The fourth-order valence-corrected chi connectivity index (χ4v) is 3.81. The first kappa shape index (κ1) is 31.3. The molecule has 0 amide bonds. The summed E-state index contributed by atoms with van der Waals surface area (Å²) in [6, 6.07) is 9.88. The monoisotopic (exact) mass is 598 g/mol. The maximum atomic E-state index is 13.2. The standard InChI is InChI=1S/C25H22N6O12/c1-13(15-7-9-19(28(34)35)21(11-15)30(38)39)42-24(32)23(27-18-6-4-3-5-17(18)26)25(33)43-14(2)16-8-10-20(29(36)37)22(12-16)31(40)41/h3-14,23,27H,26H2,1-2H3.